The summed E-state index contributed by atoms with van der Waals surface area (Å²) in [6.45, 7) is 6.48. The van der Waals surface area contributed by atoms with Gasteiger partial charge < -0.3 is 14.8 Å². The first-order chi connectivity index (χ1) is 16.7. The van der Waals surface area contributed by atoms with Gasteiger partial charge in [0.05, 0.1) is 59.9 Å². The molecule has 11 heteroatoms. The molecule has 1 N–H and O–H groups in total. The van der Waals surface area contributed by atoms with Crippen molar-refractivity contribution < 1.29 is 9.47 Å². The molecular formula is C24H25B3N6O2. The van der Waals surface area contributed by atoms with Gasteiger partial charge >= 0.3 is 0 Å². The molecule has 0 amide bonds. The van der Waals surface area contributed by atoms with Crippen LogP contribution in [0, 0.1) is 6.92 Å². The van der Waals surface area contributed by atoms with Crippen LogP contribution in [0.15, 0.2) is 42.7 Å². The van der Waals surface area contributed by atoms with Crippen molar-refractivity contribution in [1.82, 2.24) is 24.7 Å². The largest absolute Gasteiger partial charge is 0.481 e. The second kappa shape index (κ2) is 10.0. The van der Waals surface area contributed by atoms with Crippen molar-refractivity contribution in [3.8, 4) is 23.0 Å². The summed E-state index contributed by atoms with van der Waals surface area (Å²) in [6.07, 6.45) is 3.32. The molecule has 6 radical (unpaired) electrons. The van der Waals surface area contributed by atoms with Crippen LogP contribution in [0.4, 0.5) is 5.69 Å². The minimum absolute atomic E-state index is 0.116. The lowest BCUT2D eigenvalue weighted by molar-refractivity contribution is 0.312. The molecule has 8 nitrogen and oxygen atoms in total. The fraction of sp³-hybridized carbons (Fsp3) is 0.333. The molecular weight excluding hydrogens is 437 g/mol. The van der Waals surface area contributed by atoms with E-state index in [0.29, 0.717) is 29.6 Å². The van der Waals surface area contributed by atoms with Gasteiger partial charge in [-0.05, 0) is 45.0 Å². The molecule has 4 aromatic rings. The summed E-state index contributed by atoms with van der Waals surface area (Å²) in [5.74, 6) is 0.898. The molecule has 0 aromatic carbocycles. The van der Waals surface area contributed by atoms with E-state index in [0.717, 1.165) is 28.0 Å². The maximum absolute atomic E-state index is 5.75. The van der Waals surface area contributed by atoms with E-state index in [1.807, 2.05) is 41.9 Å². The number of hydrogen-bond donors (Lipinski definition) is 1. The van der Waals surface area contributed by atoms with Gasteiger partial charge in [-0.1, -0.05) is 11.2 Å². The zero-order valence-corrected chi connectivity index (χ0v) is 20.3. The van der Waals surface area contributed by atoms with E-state index < -0.39 is 5.11 Å². The third kappa shape index (κ3) is 5.44. The Labute approximate surface area is 209 Å². The maximum Gasteiger partial charge on any atom is 0.222 e. The summed E-state index contributed by atoms with van der Waals surface area (Å²) < 4.78 is 13.1. The molecule has 0 fully saturated rings. The van der Waals surface area contributed by atoms with Crippen LogP contribution in [-0.2, 0) is 6.54 Å². The van der Waals surface area contributed by atoms with E-state index in [9.17, 15) is 0 Å². The highest BCUT2D eigenvalue weighted by Gasteiger charge is 2.20. The number of pyridine rings is 3. The Kier molecular flexibility index (Phi) is 7.05. The average Bonchev–Trinajstić information content (AvgIpc) is 3.18. The van der Waals surface area contributed by atoms with Crippen LogP contribution in [-0.4, -0.2) is 62.0 Å². The Morgan fingerprint density at radius 1 is 1.09 bits per heavy atom. The van der Waals surface area contributed by atoms with Crippen molar-refractivity contribution in [1.29, 1.82) is 0 Å². The number of ether oxygens (including phenoxy) is 2. The number of nitrogens with zero attached hydrogens (tertiary/aromatic N) is 5. The van der Waals surface area contributed by atoms with Crippen molar-refractivity contribution in [3.63, 3.8) is 0 Å². The molecule has 0 bridgehead atoms. The lowest BCUT2D eigenvalue weighted by Crippen LogP contribution is -2.22. The standard InChI is InChI=1S/C24H25B3N6O2/c1-14(2)33-21-19(30-12-16-7-5-9-28-22(16)34-4)11-18(31-20(21)15(3)32-33)17-8-6-10-29-23(17)35-13-24(25,26)27/h5-11,14H,12-13H2,1-4H3,(H,30,31). The number of aryl methyl sites for hydroxylation is 1. The summed E-state index contributed by atoms with van der Waals surface area (Å²) in [4.78, 5) is 13.6. The molecule has 0 atom stereocenters. The van der Waals surface area contributed by atoms with Crippen molar-refractivity contribution in [2.45, 2.75) is 38.5 Å². The number of methoxy groups -OCH3 is 1. The normalized spacial score (nSPS) is 11.7. The number of rotatable bonds is 9. The Morgan fingerprint density at radius 3 is 2.49 bits per heavy atom. The molecule has 35 heavy (non-hydrogen) atoms. The summed E-state index contributed by atoms with van der Waals surface area (Å²) >= 11 is 0. The van der Waals surface area contributed by atoms with Gasteiger partial charge in [0, 0.05) is 30.5 Å². The highest BCUT2D eigenvalue weighted by atomic mass is 16.5. The minimum atomic E-state index is -1.49. The molecule has 0 saturated heterocycles. The average molecular weight is 462 g/mol. The predicted octanol–water partition coefficient (Wildman–Crippen LogP) is 3.36. The Balaban J connectivity index is 1.82. The monoisotopic (exact) mass is 462 g/mol. The molecule has 4 aromatic heterocycles. The van der Waals surface area contributed by atoms with Gasteiger partial charge in [0.25, 0.3) is 0 Å². The fourth-order valence-electron chi connectivity index (χ4n) is 3.75. The molecule has 4 heterocycles. The van der Waals surface area contributed by atoms with Crippen LogP contribution in [0.5, 0.6) is 11.8 Å². The van der Waals surface area contributed by atoms with Crippen LogP contribution >= 0.6 is 0 Å². The summed E-state index contributed by atoms with van der Waals surface area (Å²) in [5, 5.41) is 6.79. The maximum atomic E-state index is 5.75. The van der Waals surface area contributed by atoms with Crippen molar-refractivity contribution in [2.24, 2.45) is 0 Å². The number of hydrogen-bond acceptors (Lipinski definition) is 7. The fourth-order valence-corrected chi connectivity index (χ4v) is 3.75. The van der Waals surface area contributed by atoms with E-state index in [1.54, 1.807) is 19.5 Å². The second-order valence-electron chi connectivity index (χ2n) is 8.66. The van der Waals surface area contributed by atoms with Crippen LogP contribution < -0.4 is 14.8 Å². The molecule has 172 valence electrons. The first kappa shape index (κ1) is 24.6. The predicted molar refractivity (Wildman–Crippen MR) is 139 cm³/mol. The van der Waals surface area contributed by atoms with Crippen molar-refractivity contribution in [3.05, 3.63) is 54.0 Å². The third-order valence-electron chi connectivity index (χ3n) is 5.33. The molecule has 0 aliphatic rings. The Morgan fingerprint density at radius 2 is 1.80 bits per heavy atom. The van der Waals surface area contributed by atoms with E-state index >= 15 is 0 Å². The number of fused-ring (bicyclic) bond motifs is 1. The molecule has 0 unspecified atom stereocenters. The quantitative estimate of drug-likeness (QED) is 0.382. The van der Waals surface area contributed by atoms with Crippen LogP contribution in [0.2, 0.25) is 5.11 Å². The van der Waals surface area contributed by atoms with Gasteiger partial charge in [-0.15, -0.1) is 0 Å². The van der Waals surface area contributed by atoms with Crippen LogP contribution in [0.25, 0.3) is 22.3 Å². The van der Waals surface area contributed by atoms with Crippen molar-refractivity contribution >= 4 is 40.3 Å². The van der Waals surface area contributed by atoms with Crippen LogP contribution in [0.3, 0.4) is 0 Å². The number of anilines is 1. The molecule has 0 spiro atoms. The first-order valence-electron chi connectivity index (χ1n) is 11.2. The zero-order chi connectivity index (χ0) is 25.2. The van der Waals surface area contributed by atoms with Crippen molar-refractivity contribution in [2.75, 3.05) is 19.0 Å². The van der Waals surface area contributed by atoms with Gasteiger partial charge in [-0.2, -0.15) is 5.10 Å². The van der Waals surface area contributed by atoms with Crippen LogP contribution in [0.1, 0.15) is 31.1 Å². The van der Waals surface area contributed by atoms with Gasteiger partial charge in [0.1, 0.15) is 11.0 Å². The summed E-state index contributed by atoms with van der Waals surface area (Å²) in [6, 6.07) is 9.62. The minimum Gasteiger partial charge on any atom is -0.481 e. The van der Waals surface area contributed by atoms with Gasteiger partial charge in [-0.3, -0.25) is 4.68 Å². The van der Waals surface area contributed by atoms with Gasteiger partial charge in [0.2, 0.25) is 11.8 Å². The van der Waals surface area contributed by atoms with Gasteiger partial charge in [0.15, 0.2) is 0 Å². The summed E-state index contributed by atoms with van der Waals surface area (Å²) in [5.41, 5.74) is 5.60. The third-order valence-corrected chi connectivity index (χ3v) is 5.33. The van der Waals surface area contributed by atoms with Gasteiger partial charge in [-0.25, -0.2) is 15.0 Å². The Bertz CT molecular complexity index is 1340. The van der Waals surface area contributed by atoms with E-state index in [2.05, 4.69) is 29.1 Å². The molecule has 0 saturated carbocycles. The summed E-state index contributed by atoms with van der Waals surface area (Å²) in [7, 11) is 18.7. The molecule has 0 aliphatic carbocycles. The zero-order valence-electron chi connectivity index (χ0n) is 20.3. The second-order valence-corrected chi connectivity index (χ2v) is 8.66. The number of aromatic nitrogens is 5. The molecule has 4 rings (SSSR count). The molecule has 0 aliphatic heterocycles. The lowest BCUT2D eigenvalue weighted by atomic mass is 9.43. The van der Waals surface area contributed by atoms with E-state index in [1.165, 1.54) is 0 Å². The van der Waals surface area contributed by atoms with E-state index in [-0.39, 0.29) is 12.6 Å². The number of nitrogens with one attached hydrogen (secondary N) is 1. The topological polar surface area (TPSA) is 87.0 Å². The lowest BCUT2D eigenvalue weighted by Gasteiger charge is -2.21. The smallest absolute Gasteiger partial charge is 0.222 e. The first-order valence-corrected chi connectivity index (χ1v) is 11.2. The Hall–Kier alpha value is -3.49. The SMILES string of the molecule is [B]C([B])([B])COc1ncccc1-c1cc(NCc2cccnc2OC)c2c(n1)c(C)nn2C(C)C. The van der Waals surface area contributed by atoms with E-state index in [4.69, 9.17) is 43.1 Å². The highest BCUT2D eigenvalue weighted by molar-refractivity contribution is 6.59. The highest BCUT2D eigenvalue weighted by Crippen LogP contribution is 2.35.